The summed E-state index contributed by atoms with van der Waals surface area (Å²) < 4.78 is 14.7. The molecule has 0 fully saturated rings. The van der Waals surface area contributed by atoms with Gasteiger partial charge in [-0.15, -0.1) is 5.10 Å². The topological polar surface area (TPSA) is 99.9 Å². The largest absolute Gasteiger partial charge is 0.323 e. The molecule has 0 aliphatic rings. The Labute approximate surface area is 101 Å². The van der Waals surface area contributed by atoms with Gasteiger partial charge in [0.2, 0.25) is 0 Å². The molecule has 0 aliphatic carbocycles. The van der Waals surface area contributed by atoms with Crippen molar-refractivity contribution in [2.75, 3.05) is 0 Å². The van der Waals surface area contributed by atoms with E-state index < -0.39 is 10.7 Å². The summed E-state index contributed by atoms with van der Waals surface area (Å²) in [5, 5.41) is 18.1. The fourth-order valence-corrected chi connectivity index (χ4v) is 1.39. The highest BCUT2D eigenvalue weighted by Gasteiger charge is 2.14. The number of hydrogen-bond acceptors (Lipinski definition) is 5. The molecule has 2 N–H and O–H groups in total. The van der Waals surface area contributed by atoms with Gasteiger partial charge in [-0.05, 0) is 13.0 Å². The van der Waals surface area contributed by atoms with Gasteiger partial charge in [-0.3, -0.25) is 10.1 Å². The van der Waals surface area contributed by atoms with Gasteiger partial charge in [0.15, 0.2) is 0 Å². The summed E-state index contributed by atoms with van der Waals surface area (Å²) in [6.07, 6.45) is 1.44. The molecule has 1 aromatic heterocycles. The smallest absolute Gasteiger partial charge is 0.271 e. The summed E-state index contributed by atoms with van der Waals surface area (Å²) in [5.74, 6) is -0.623. The Balaban J connectivity index is 2.48. The Morgan fingerprint density at radius 2 is 2.28 bits per heavy atom. The average molecular weight is 251 g/mol. The van der Waals surface area contributed by atoms with Gasteiger partial charge in [-0.2, -0.15) is 0 Å². The van der Waals surface area contributed by atoms with Crippen LogP contribution in [0.25, 0.3) is 5.69 Å². The third-order valence-corrected chi connectivity index (χ3v) is 2.36. The zero-order chi connectivity index (χ0) is 13.3. The van der Waals surface area contributed by atoms with E-state index >= 15 is 0 Å². The van der Waals surface area contributed by atoms with E-state index in [2.05, 4.69) is 10.3 Å². The molecule has 1 heterocycles. The van der Waals surface area contributed by atoms with Crippen molar-refractivity contribution >= 4 is 5.69 Å². The van der Waals surface area contributed by atoms with Gasteiger partial charge in [0.1, 0.15) is 11.5 Å². The maximum atomic E-state index is 13.6. The van der Waals surface area contributed by atoms with Gasteiger partial charge < -0.3 is 5.73 Å². The Morgan fingerprint density at radius 1 is 1.56 bits per heavy atom. The molecule has 2 aromatic rings. The second-order valence-electron chi connectivity index (χ2n) is 3.77. The molecule has 8 heteroatoms. The highest BCUT2D eigenvalue weighted by molar-refractivity contribution is 5.43. The van der Waals surface area contributed by atoms with Gasteiger partial charge in [-0.1, -0.05) is 5.21 Å². The van der Waals surface area contributed by atoms with E-state index in [0.29, 0.717) is 5.69 Å². The Bertz CT molecular complexity index is 596. The van der Waals surface area contributed by atoms with Crippen LogP contribution in [-0.2, 0) is 0 Å². The molecule has 2 rings (SSSR count). The van der Waals surface area contributed by atoms with Crippen LogP contribution < -0.4 is 5.73 Å². The van der Waals surface area contributed by atoms with E-state index in [1.54, 1.807) is 6.92 Å². The number of non-ortho nitro benzene ring substituents is 1. The Morgan fingerprint density at radius 3 is 2.83 bits per heavy atom. The van der Waals surface area contributed by atoms with Gasteiger partial charge in [0, 0.05) is 18.2 Å². The number of halogens is 1. The van der Waals surface area contributed by atoms with Crippen LogP contribution in [0.4, 0.5) is 10.1 Å². The highest BCUT2D eigenvalue weighted by Crippen LogP contribution is 2.20. The molecular formula is C10H10FN5O2. The Hall–Kier alpha value is -2.35. The van der Waals surface area contributed by atoms with Gasteiger partial charge in [-0.25, -0.2) is 9.07 Å². The van der Waals surface area contributed by atoms with Crippen molar-refractivity contribution in [1.29, 1.82) is 0 Å². The minimum absolute atomic E-state index is 0.0383. The molecule has 18 heavy (non-hydrogen) atoms. The predicted octanol–water partition coefficient (Wildman–Crippen LogP) is 1.33. The highest BCUT2D eigenvalue weighted by atomic mass is 19.1. The third-order valence-electron chi connectivity index (χ3n) is 2.36. The van der Waals surface area contributed by atoms with E-state index in [9.17, 15) is 14.5 Å². The number of nitro benzene ring substituents is 1. The first-order chi connectivity index (χ1) is 8.49. The molecule has 7 nitrogen and oxygen atoms in total. The zero-order valence-electron chi connectivity index (χ0n) is 9.45. The number of nitro groups is 1. The molecule has 0 bridgehead atoms. The normalized spacial score (nSPS) is 12.4. The van der Waals surface area contributed by atoms with E-state index in [4.69, 9.17) is 5.73 Å². The van der Waals surface area contributed by atoms with Crippen molar-refractivity contribution in [1.82, 2.24) is 15.0 Å². The molecule has 0 amide bonds. The summed E-state index contributed by atoms with van der Waals surface area (Å²) >= 11 is 0. The predicted molar refractivity (Wildman–Crippen MR) is 60.6 cm³/mol. The van der Waals surface area contributed by atoms with Crippen LogP contribution in [0.15, 0.2) is 24.4 Å². The van der Waals surface area contributed by atoms with Crippen LogP contribution in [0, 0.1) is 15.9 Å². The number of nitrogens with two attached hydrogens (primary N) is 1. The number of hydrogen-bond donors (Lipinski definition) is 1. The first kappa shape index (κ1) is 12.1. The lowest BCUT2D eigenvalue weighted by molar-refractivity contribution is -0.384. The standard InChI is InChI=1S/C10H10FN5O2/c1-6(12)9-5-15(14-13-9)10-4-7(16(17)18)2-3-8(10)11/h2-6H,12H2,1H3. The second-order valence-corrected chi connectivity index (χ2v) is 3.77. The minimum atomic E-state index is -0.623. The Kier molecular flexibility index (Phi) is 3.02. The average Bonchev–Trinajstić information content (AvgIpc) is 2.78. The molecule has 1 unspecified atom stereocenters. The molecule has 0 radical (unpaired) electrons. The summed E-state index contributed by atoms with van der Waals surface area (Å²) in [6, 6.07) is 2.85. The van der Waals surface area contributed by atoms with Gasteiger partial charge in [0.25, 0.3) is 5.69 Å². The van der Waals surface area contributed by atoms with Crippen LogP contribution in [0.5, 0.6) is 0 Å². The lowest BCUT2D eigenvalue weighted by atomic mass is 10.2. The lowest BCUT2D eigenvalue weighted by Gasteiger charge is -2.01. The van der Waals surface area contributed by atoms with Crippen LogP contribution in [0.1, 0.15) is 18.7 Å². The molecule has 0 spiro atoms. The van der Waals surface area contributed by atoms with Crippen molar-refractivity contribution in [3.63, 3.8) is 0 Å². The van der Waals surface area contributed by atoms with Crippen LogP contribution in [0.3, 0.4) is 0 Å². The molecule has 94 valence electrons. The first-order valence-corrected chi connectivity index (χ1v) is 5.11. The van der Waals surface area contributed by atoms with E-state index in [0.717, 1.165) is 22.9 Å². The van der Waals surface area contributed by atoms with Crippen molar-refractivity contribution in [3.05, 3.63) is 46.0 Å². The van der Waals surface area contributed by atoms with Crippen molar-refractivity contribution < 1.29 is 9.31 Å². The number of rotatable bonds is 3. The van der Waals surface area contributed by atoms with Crippen molar-refractivity contribution in [2.24, 2.45) is 5.73 Å². The fraction of sp³-hybridized carbons (Fsp3) is 0.200. The lowest BCUT2D eigenvalue weighted by Crippen LogP contribution is -2.05. The number of benzene rings is 1. The summed E-state index contributed by atoms with van der Waals surface area (Å²) in [6.45, 7) is 1.71. The monoisotopic (exact) mass is 251 g/mol. The maximum Gasteiger partial charge on any atom is 0.271 e. The van der Waals surface area contributed by atoms with Crippen LogP contribution in [-0.4, -0.2) is 19.9 Å². The van der Waals surface area contributed by atoms with Crippen LogP contribution >= 0.6 is 0 Å². The van der Waals surface area contributed by atoms with Crippen molar-refractivity contribution in [3.8, 4) is 5.69 Å². The number of nitrogens with zero attached hydrogens (tertiary/aromatic N) is 4. The molecule has 1 aromatic carbocycles. The molecule has 0 saturated carbocycles. The van der Waals surface area contributed by atoms with E-state index in [1.807, 2.05) is 0 Å². The summed E-state index contributed by atoms with van der Waals surface area (Å²) in [7, 11) is 0. The van der Waals surface area contributed by atoms with Gasteiger partial charge in [0.05, 0.1) is 16.8 Å². The van der Waals surface area contributed by atoms with Gasteiger partial charge >= 0.3 is 0 Å². The minimum Gasteiger partial charge on any atom is -0.323 e. The molecule has 1 atom stereocenters. The third kappa shape index (κ3) is 2.18. The number of aromatic nitrogens is 3. The maximum absolute atomic E-state index is 13.6. The summed E-state index contributed by atoms with van der Waals surface area (Å²) in [5.41, 5.74) is 5.82. The molecular weight excluding hydrogens is 241 g/mol. The van der Waals surface area contributed by atoms with Crippen LogP contribution in [0.2, 0.25) is 0 Å². The fourth-order valence-electron chi connectivity index (χ4n) is 1.39. The van der Waals surface area contributed by atoms with E-state index in [1.165, 1.54) is 6.20 Å². The first-order valence-electron chi connectivity index (χ1n) is 5.11. The summed E-state index contributed by atoms with van der Waals surface area (Å²) in [4.78, 5) is 10.0. The zero-order valence-corrected chi connectivity index (χ0v) is 9.45. The molecule has 0 saturated heterocycles. The molecule has 0 aliphatic heterocycles. The SMILES string of the molecule is CC(N)c1cn(-c2cc([N+](=O)[O-])ccc2F)nn1. The van der Waals surface area contributed by atoms with E-state index in [-0.39, 0.29) is 17.4 Å². The second kappa shape index (κ2) is 4.49. The quantitative estimate of drug-likeness (QED) is 0.655. The van der Waals surface area contributed by atoms with Crippen molar-refractivity contribution in [2.45, 2.75) is 13.0 Å².